The van der Waals surface area contributed by atoms with Gasteiger partial charge in [-0.25, -0.2) is 0 Å². The van der Waals surface area contributed by atoms with E-state index in [1.807, 2.05) is 12.1 Å². The van der Waals surface area contributed by atoms with E-state index in [0.29, 0.717) is 0 Å². The van der Waals surface area contributed by atoms with E-state index in [1.165, 1.54) is 17.5 Å². The molecule has 1 atom stereocenters. The summed E-state index contributed by atoms with van der Waals surface area (Å²) >= 11 is 5.98. The number of aryl methyl sites for hydroxylation is 2. The Morgan fingerprint density at radius 2 is 2.25 bits per heavy atom. The molecular weight excluding hydrogens is 272 g/mol. The van der Waals surface area contributed by atoms with Gasteiger partial charge in [-0.15, -0.1) is 10.2 Å². The molecule has 20 heavy (non-hydrogen) atoms. The van der Waals surface area contributed by atoms with Crippen LogP contribution < -0.4 is 5.32 Å². The summed E-state index contributed by atoms with van der Waals surface area (Å²) in [6, 6.07) is 6.21. The summed E-state index contributed by atoms with van der Waals surface area (Å²) in [5.74, 6) is 2.17. The van der Waals surface area contributed by atoms with Gasteiger partial charge in [0.05, 0.1) is 6.04 Å². The predicted octanol–water partition coefficient (Wildman–Crippen LogP) is 3.04. The van der Waals surface area contributed by atoms with Crippen molar-refractivity contribution in [3.05, 3.63) is 46.0 Å². The van der Waals surface area contributed by atoms with E-state index in [4.69, 9.17) is 11.6 Å². The molecule has 2 heterocycles. The van der Waals surface area contributed by atoms with Crippen molar-refractivity contribution in [2.75, 3.05) is 0 Å². The molecule has 2 aromatic rings. The number of nitrogens with one attached hydrogen (secondary N) is 1. The molecule has 0 radical (unpaired) electrons. The van der Waals surface area contributed by atoms with Gasteiger partial charge in [0.2, 0.25) is 0 Å². The van der Waals surface area contributed by atoms with Gasteiger partial charge in [-0.1, -0.05) is 17.7 Å². The summed E-state index contributed by atoms with van der Waals surface area (Å²) in [5.41, 5.74) is 2.48. The average Bonchev–Trinajstić information content (AvgIpc) is 2.99. The molecule has 0 saturated carbocycles. The molecule has 106 valence electrons. The lowest BCUT2D eigenvalue weighted by molar-refractivity contribution is 0.515. The summed E-state index contributed by atoms with van der Waals surface area (Å²) in [7, 11) is 0. The van der Waals surface area contributed by atoms with Crippen molar-refractivity contribution in [2.45, 2.75) is 45.8 Å². The minimum absolute atomic E-state index is 0.199. The molecule has 4 nitrogen and oxygen atoms in total. The number of halogens is 1. The summed E-state index contributed by atoms with van der Waals surface area (Å²) in [4.78, 5) is 0. The van der Waals surface area contributed by atoms with Crippen LogP contribution in [-0.4, -0.2) is 14.8 Å². The van der Waals surface area contributed by atoms with E-state index < -0.39 is 0 Å². The number of benzene rings is 1. The zero-order valence-electron chi connectivity index (χ0n) is 11.9. The van der Waals surface area contributed by atoms with E-state index in [9.17, 15) is 0 Å². The fourth-order valence-corrected chi connectivity index (χ4v) is 2.93. The first-order valence-corrected chi connectivity index (χ1v) is 7.43. The van der Waals surface area contributed by atoms with Gasteiger partial charge in [-0.3, -0.25) is 0 Å². The van der Waals surface area contributed by atoms with Crippen LogP contribution in [-0.2, 0) is 19.5 Å². The van der Waals surface area contributed by atoms with Crippen molar-refractivity contribution < 1.29 is 0 Å². The Balaban J connectivity index is 1.68. The Labute approximate surface area is 124 Å². The zero-order valence-corrected chi connectivity index (χ0v) is 12.6. The molecule has 1 unspecified atom stereocenters. The first-order chi connectivity index (χ1) is 9.65. The highest BCUT2D eigenvalue weighted by Crippen LogP contribution is 2.20. The van der Waals surface area contributed by atoms with Crippen LogP contribution in [0.2, 0.25) is 5.02 Å². The molecule has 5 heteroatoms. The molecule has 1 aromatic carbocycles. The van der Waals surface area contributed by atoms with Gasteiger partial charge in [0, 0.05) is 24.5 Å². The second-order valence-corrected chi connectivity index (χ2v) is 5.84. The summed E-state index contributed by atoms with van der Waals surface area (Å²) in [5, 5.41) is 12.9. The predicted molar refractivity (Wildman–Crippen MR) is 79.8 cm³/mol. The van der Waals surface area contributed by atoms with Crippen LogP contribution in [0.25, 0.3) is 0 Å². The van der Waals surface area contributed by atoms with Gasteiger partial charge in [-0.2, -0.15) is 0 Å². The first-order valence-electron chi connectivity index (χ1n) is 7.05. The van der Waals surface area contributed by atoms with Crippen LogP contribution in [0.5, 0.6) is 0 Å². The molecule has 0 aliphatic carbocycles. The van der Waals surface area contributed by atoms with Crippen LogP contribution in [0.3, 0.4) is 0 Å². The van der Waals surface area contributed by atoms with Gasteiger partial charge in [0.1, 0.15) is 11.6 Å². The van der Waals surface area contributed by atoms with Gasteiger partial charge in [0.15, 0.2) is 0 Å². The lowest BCUT2D eigenvalue weighted by Gasteiger charge is -2.15. The van der Waals surface area contributed by atoms with Crippen molar-refractivity contribution >= 4 is 11.6 Å². The van der Waals surface area contributed by atoms with E-state index >= 15 is 0 Å². The third kappa shape index (κ3) is 2.58. The summed E-state index contributed by atoms with van der Waals surface area (Å²) < 4.78 is 2.24. The Morgan fingerprint density at radius 3 is 3.05 bits per heavy atom. The fraction of sp³-hybridized carbons (Fsp3) is 0.467. The number of rotatable bonds is 4. The van der Waals surface area contributed by atoms with Crippen LogP contribution in [0, 0.1) is 6.92 Å². The Morgan fingerprint density at radius 1 is 1.40 bits per heavy atom. The van der Waals surface area contributed by atoms with E-state index in [-0.39, 0.29) is 6.04 Å². The van der Waals surface area contributed by atoms with E-state index in [1.54, 1.807) is 0 Å². The molecule has 0 bridgehead atoms. The van der Waals surface area contributed by atoms with E-state index in [0.717, 1.165) is 36.2 Å². The molecule has 0 amide bonds. The lowest BCUT2D eigenvalue weighted by Crippen LogP contribution is -2.22. The highest BCUT2D eigenvalue weighted by Gasteiger charge is 2.20. The lowest BCUT2D eigenvalue weighted by atomic mass is 10.1. The SMILES string of the molecule is Cc1cc(Cl)ccc1CNC(C)c1nnc2n1CCC2. The van der Waals surface area contributed by atoms with Crippen molar-refractivity contribution in [3.63, 3.8) is 0 Å². The second-order valence-electron chi connectivity index (χ2n) is 5.40. The second kappa shape index (κ2) is 5.54. The topological polar surface area (TPSA) is 42.7 Å². The molecule has 1 N–H and O–H groups in total. The Bertz CT molecular complexity index is 620. The highest BCUT2D eigenvalue weighted by molar-refractivity contribution is 6.30. The van der Waals surface area contributed by atoms with Crippen molar-refractivity contribution in [2.24, 2.45) is 0 Å². The van der Waals surface area contributed by atoms with Crippen LogP contribution in [0.1, 0.15) is 42.2 Å². The molecule has 3 rings (SSSR count). The largest absolute Gasteiger partial charge is 0.314 e. The van der Waals surface area contributed by atoms with Gasteiger partial charge in [-0.05, 0) is 43.5 Å². The monoisotopic (exact) mass is 290 g/mol. The average molecular weight is 291 g/mol. The molecule has 1 aliphatic heterocycles. The summed E-state index contributed by atoms with van der Waals surface area (Å²) in [6.07, 6.45) is 2.23. The molecule has 0 fully saturated rings. The third-order valence-electron chi connectivity index (χ3n) is 3.93. The molecular formula is C15H19ClN4. The zero-order chi connectivity index (χ0) is 14.1. The van der Waals surface area contributed by atoms with Crippen molar-refractivity contribution in [1.29, 1.82) is 0 Å². The molecule has 0 spiro atoms. The van der Waals surface area contributed by atoms with Gasteiger partial charge >= 0.3 is 0 Å². The minimum Gasteiger partial charge on any atom is -0.314 e. The number of fused-ring (bicyclic) bond motifs is 1. The summed E-state index contributed by atoms with van der Waals surface area (Å²) in [6.45, 7) is 6.08. The Kier molecular flexibility index (Phi) is 3.76. The highest BCUT2D eigenvalue weighted by atomic mass is 35.5. The normalized spacial score (nSPS) is 15.3. The smallest absolute Gasteiger partial charge is 0.149 e. The van der Waals surface area contributed by atoms with Crippen LogP contribution >= 0.6 is 11.6 Å². The van der Waals surface area contributed by atoms with Gasteiger partial charge in [0.25, 0.3) is 0 Å². The van der Waals surface area contributed by atoms with Crippen molar-refractivity contribution in [3.8, 4) is 0 Å². The third-order valence-corrected chi connectivity index (χ3v) is 4.16. The van der Waals surface area contributed by atoms with E-state index in [2.05, 4.69) is 40.0 Å². The maximum absolute atomic E-state index is 5.98. The van der Waals surface area contributed by atoms with Gasteiger partial charge < -0.3 is 9.88 Å². The fourth-order valence-electron chi connectivity index (χ4n) is 2.71. The van der Waals surface area contributed by atoms with Crippen molar-refractivity contribution in [1.82, 2.24) is 20.1 Å². The molecule has 1 aromatic heterocycles. The Hall–Kier alpha value is -1.39. The molecule has 1 aliphatic rings. The number of hydrogen-bond donors (Lipinski definition) is 1. The standard InChI is InChI=1S/C15H19ClN4/c1-10-8-13(16)6-5-12(10)9-17-11(2)15-19-18-14-4-3-7-20(14)15/h5-6,8,11,17H,3-4,7,9H2,1-2H3. The van der Waals surface area contributed by atoms with Crippen LogP contribution in [0.4, 0.5) is 0 Å². The maximum Gasteiger partial charge on any atom is 0.149 e. The number of aromatic nitrogens is 3. The minimum atomic E-state index is 0.199. The van der Waals surface area contributed by atoms with Crippen LogP contribution in [0.15, 0.2) is 18.2 Å². The quantitative estimate of drug-likeness (QED) is 0.941. The number of hydrogen-bond acceptors (Lipinski definition) is 3. The molecule has 0 saturated heterocycles. The first kappa shape index (κ1) is 13.6. The number of nitrogens with zero attached hydrogens (tertiary/aromatic N) is 3. The maximum atomic E-state index is 5.98.